The van der Waals surface area contributed by atoms with Crippen LogP contribution in [0.4, 0.5) is 11.4 Å². The van der Waals surface area contributed by atoms with Gasteiger partial charge in [-0.25, -0.2) is 0 Å². The van der Waals surface area contributed by atoms with Gasteiger partial charge in [-0.2, -0.15) is 5.26 Å². The molecule has 3 rings (SSSR count). The number of rotatable bonds is 5. The molecule has 0 aliphatic carbocycles. The van der Waals surface area contributed by atoms with Gasteiger partial charge in [0, 0.05) is 29.4 Å². The topological polar surface area (TPSA) is 118 Å². The molecule has 3 aromatic rings. The zero-order valence-electron chi connectivity index (χ0n) is 14.8. The van der Waals surface area contributed by atoms with E-state index in [1.165, 1.54) is 47.2 Å². The number of nitriles is 1. The molecule has 0 radical (unpaired) electrons. The van der Waals surface area contributed by atoms with Crippen LogP contribution in [0.15, 0.2) is 65.6 Å². The Labute approximate surface area is 169 Å². The monoisotopic (exact) mass is 408 g/mol. The zero-order chi connectivity index (χ0) is 21.0. The summed E-state index contributed by atoms with van der Waals surface area (Å²) in [7, 11) is 0. The number of nitro benzene ring substituents is 1. The Kier molecular flexibility index (Phi) is 5.71. The fourth-order valence-electron chi connectivity index (χ4n) is 2.62. The second-order valence-electron chi connectivity index (χ2n) is 6.06. The summed E-state index contributed by atoms with van der Waals surface area (Å²) in [6.07, 6.45) is 1.38. The van der Waals surface area contributed by atoms with Crippen LogP contribution >= 0.6 is 11.6 Å². The van der Waals surface area contributed by atoms with Crippen LogP contribution in [0.2, 0.25) is 5.02 Å². The minimum atomic E-state index is -0.513. The highest BCUT2D eigenvalue weighted by molar-refractivity contribution is 6.31. The van der Waals surface area contributed by atoms with Gasteiger partial charge in [0.1, 0.15) is 6.07 Å². The predicted molar refractivity (Wildman–Crippen MR) is 107 cm³/mol. The Morgan fingerprint density at radius 1 is 1.17 bits per heavy atom. The highest BCUT2D eigenvalue weighted by Crippen LogP contribution is 2.21. The van der Waals surface area contributed by atoms with Gasteiger partial charge in [0.05, 0.1) is 28.3 Å². The first-order valence-electron chi connectivity index (χ1n) is 8.32. The summed E-state index contributed by atoms with van der Waals surface area (Å²) < 4.78 is 1.32. The lowest BCUT2D eigenvalue weighted by Crippen LogP contribution is -2.22. The van der Waals surface area contributed by atoms with Crippen molar-refractivity contribution >= 4 is 28.9 Å². The number of pyridine rings is 1. The van der Waals surface area contributed by atoms with Crippen molar-refractivity contribution in [1.29, 1.82) is 5.26 Å². The molecule has 1 heterocycles. The molecule has 0 bridgehead atoms. The molecule has 1 N–H and O–H groups in total. The standard InChI is InChI=1S/C20H13ClN4O4/c21-16-5-3-14(10-22)18(9-16)23-20(27)15-4-8-19(26)24(12-15)11-13-1-6-17(7-2-13)25(28)29/h1-9,12H,11H2,(H,23,27). The molecule has 0 aliphatic rings. The number of hydrogen-bond acceptors (Lipinski definition) is 5. The molecule has 2 aromatic carbocycles. The van der Waals surface area contributed by atoms with Gasteiger partial charge in [-0.1, -0.05) is 23.7 Å². The maximum atomic E-state index is 12.6. The number of nitrogens with zero attached hydrogens (tertiary/aromatic N) is 3. The molecule has 144 valence electrons. The van der Waals surface area contributed by atoms with E-state index in [1.54, 1.807) is 18.2 Å². The number of halogens is 1. The smallest absolute Gasteiger partial charge is 0.269 e. The molecule has 0 unspecified atom stereocenters. The maximum Gasteiger partial charge on any atom is 0.269 e. The predicted octanol–water partition coefficient (Wildman–Crippen LogP) is 3.58. The minimum absolute atomic E-state index is 0.0518. The van der Waals surface area contributed by atoms with Crippen molar-refractivity contribution in [3.8, 4) is 6.07 Å². The summed E-state index contributed by atoms with van der Waals surface area (Å²) >= 11 is 5.92. The second-order valence-corrected chi connectivity index (χ2v) is 6.50. The van der Waals surface area contributed by atoms with E-state index in [0.717, 1.165) is 0 Å². The van der Waals surface area contributed by atoms with Crippen molar-refractivity contribution < 1.29 is 9.72 Å². The lowest BCUT2D eigenvalue weighted by molar-refractivity contribution is -0.384. The van der Waals surface area contributed by atoms with E-state index in [9.17, 15) is 19.7 Å². The molecule has 0 atom stereocenters. The van der Waals surface area contributed by atoms with Crippen LogP contribution in [0, 0.1) is 21.4 Å². The number of hydrogen-bond donors (Lipinski definition) is 1. The summed E-state index contributed by atoms with van der Waals surface area (Å²) in [6, 6.07) is 14.9. The largest absolute Gasteiger partial charge is 0.321 e. The van der Waals surface area contributed by atoms with Gasteiger partial charge in [-0.05, 0) is 29.8 Å². The Morgan fingerprint density at radius 2 is 1.90 bits per heavy atom. The van der Waals surface area contributed by atoms with Crippen molar-refractivity contribution in [2.75, 3.05) is 5.32 Å². The van der Waals surface area contributed by atoms with E-state index in [2.05, 4.69) is 5.32 Å². The van der Waals surface area contributed by atoms with Gasteiger partial charge in [0.15, 0.2) is 0 Å². The summed E-state index contributed by atoms with van der Waals surface area (Å²) in [5.41, 5.74) is 0.997. The lowest BCUT2D eigenvalue weighted by Gasteiger charge is -2.10. The van der Waals surface area contributed by atoms with E-state index < -0.39 is 10.8 Å². The number of carbonyl (C=O) groups is 1. The van der Waals surface area contributed by atoms with Crippen molar-refractivity contribution in [1.82, 2.24) is 4.57 Å². The third-order valence-electron chi connectivity index (χ3n) is 4.10. The molecule has 8 nitrogen and oxygen atoms in total. The third kappa shape index (κ3) is 4.66. The number of nitro groups is 1. The minimum Gasteiger partial charge on any atom is -0.321 e. The number of carbonyl (C=O) groups excluding carboxylic acids is 1. The second kappa shape index (κ2) is 8.37. The van der Waals surface area contributed by atoms with Gasteiger partial charge in [-0.15, -0.1) is 0 Å². The Morgan fingerprint density at radius 3 is 2.55 bits per heavy atom. The zero-order valence-corrected chi connectivity index (χ0v) is 15.6. The molecule has 1 aromatic heterocycles. The highest BCUT2D eigenvalue weighted by atomic mass is 35.5. The van der Waals surface area contributed by atoms with Gasteiger partial charge < -0.3 is 9.88 Å². The first kappa shape index (κ1) is 19.8. The molecular weight excluding hydrogens is 396 g/mol. The van der Waals surface area contributed by atoms with Crippen LogP contribution in [-0.2, 0) is 6.54 Å². The molecule has 0 spiro atoms. The highest BCUT2D eigenvalue weighted by Gasteiger charge is 2.12. The number of benzene rings is 2. The fourth-order valence-corrected chi connectivity index (χ4v) is 2.79. The Hall–Kier alpha value is -3.96. The Bertz CT molecular complexity index is 1200. The van der Waals surface area contributed by atoms with Crippen LogP contribution in [0.1, 0.15) is 21.5 Å². The number of anilines is 1. The normalized spacial score (nSPS) is 10.2. The number of non-ortho nitro benzene ring substituents is 1. The van der Waals surface area contributed by atoms with Crippen LogP contribution in [-0.4, -0.2) is 15.4 Å². The van der Waals surface area contributed by atoms with Gasteiger partial charge in [-0.3, -0.25) is 19.7 Å². The van der Waals surface area contributed by atoms with E-state index in [0.29, 0.717) is 10.6 Å². The molecule has 0 saturated carbocycles. The quantitative estimate of drug-likeness (QED) is 0.511. The third-order valence-corrected chi connectivity index (χ3v) is 4.33. The van der Waals surface area contributed by atoms with Crippen LogP contribution in [0.3, 0.4) is 0 Å². The van der Waals surface area contributed by atoms with Crippen molar-refractivity contribution in [2.24, 2.45) is 0 Å². The molecule has 9 heteroatoms. The average molecular weight is 409 g/mol. The number of nitrogens with one attached hydrogen (secondary N) is 1. The molecule has 0 aliphatic heterocycles. The molecule has 0 saturated heterocycles. The molecule has 1 amide bonds. The summed E-state index contributed by atoms with van der Waals surface area (Å²) in [5, 5.41) is 22.9. The van der Waals surface area contributed by atoms with Crippen molar-refractivity contribution in [3.63, 3.8) is 0 Å². The molecule has 0 fully saturated rings. The lowest BCUT2D eigenvalue weighted by atomic mass is 10.1. The molecular formula is C20H13ClN4O4. The van der Waals surface area contributed by atoms with E-state index in [4.69, 9.17) is 16.9 Å². The van der Waals surface area contributed by atoms with Gasteiger partial charge >= 0.3 is 0 Å². The summed E-state index contributed by atoms with van der Waals surface area (Å²) in [4.78, 5) is 34.9. The van der Waals surface area contributed by atoms with Crippen molar-refractivity contribution in [2.45, 2.75) is 6.54 Å². The average Bonchev–Trinajstić information content (AvgIpc) is 2.70. The number of amides is 1. The first-order valence-corrected chi connectivity index (χ1v) is 8.70. The van der Waals surface area contributed by atoms with Crippen LogP contribution < -0.4 is 10.9 Å². The van der Waals surface area contributed by atoms with Gasteiger partial charge in [0.25, 0.3) is 17.2 Å². The van der Waals surface area contributed by atoms with E-state index in [-0.39, 0.29) is 34.6 Å². The summed E-state index contributed by atoms with van der Waals surface area (Å²) in [6.45, 7) is 0.137. The maximum absolute atomic E-state index is 12.6. The summed E-state index contributed by atoms with van der Waals surface area (Å²) in [5.74, 6) is -0.513. The van der Waals surface area contributed by atoms with Gasteiger partial charge in [0.2, 0.25) is 0 Å². The van der Waals surface area contributed by atoms with Crippen molar-refractivity contribution in [3.05, 3.63) is 103 Å². The first-order chi connectivity index (χ1) is 13.9. The molecule has 29 heavy (non-hydrogen) atoms. The van der Waals surface area contributed by atoms with E-state index in [1.807, 2.05) is 6.07 Å². The Balaban J connectivity index is 1.84. The van der Waals surface area contributed by atoms with Crippen LogP contribution in [0.5, 0.6) is 0 Å². The van der Waals surface area contributed by atoms with Crippen LogP contribution in [0.25, 0.3) is 0 Å². The SMILES string of the molecule is N#Cc1ccc(Cl)cc1NC(=O)c1ccc(=O)n(Cc2ccc([N+](=O)[O-])cc2)c1. The fraction of sp³-hybridized carbons (Fsp3) is 0.0500. The van der Waals surface area contributed by atoms with E-state index >= 15 is 0 Å². The number of aromatic nitrogens is 1.